The van der Waals surface area contributed by atoms with E-state index in [1.807, 2.05) is 6.08 Å². The lowest BCUT2D eigenvalue weighted by molar-refractivity contribution is 0.327. The van der Waals surface area contributed by atoms with Crippen LogP contribution < -0.4 is 0 Å². The van der Waals surface area contributed by atoms with E-state index in [2.05, 4.69) is 24.5 Å². The molecule has 0 aromatic heterocycles. The number of hydrogen-bond donors (Lipinski definition) is 0. The van der Waals surface area contributed by atoms with E-state index in [1.165, 1.54) is 0 Å². The van der Waals surface area contributed by atoms with Gasteiger partial charge in [0.15, 0.2) is 0 Å². The van der Waals surface area contributed by atoms with Crippen LogP contribution >= 0.6 is 0 Å². The average Bonchev–Trinajstić information content (AvgIpc) is 1.98. The predicted octanol–water partition coefficient (Wildman–Crippen LogP) is 1.41. The van der Waals surface area contributed by atoms with E-state index in [0.717, 1.165) is 19.6 Å². The van der Waals surface area contributed by atoms with Gasteiger partial charge in [0.2, 0.25) is 0 Å². The lowest BCUT2D eigenvalue weighted by Gasteiger charge is -2.15. The molecule has 0 fully saturated rings. The molecule has 0 spiro atoms. The van der Waals surface area contributed by atoms with Crippen molar-refractivity contribution in [3.8, 4) is 6.07 Å². The first-order valence-corrected chi connectivity index (χ1v) is 3.55. The molecule has 56 valence electrons. The zero-order valence-electron chi connectivity index (χ0n) is 6.51. The summed E-state index contributed by atoms with van der Waals surface area (Å²) in [4.78, 5) is 2.18. The van der Waals surface area contributed by atoms with Crippen LogP contribution in [0.3, 0.4) is 0 Å². The highest BCUT2D eigenvalue weighted by Crippen LogP contribution is 1.89. The fourth-order valence-corrected chi connectivity index (χ4v) is 0.769. The van der Waals surface area contributed by atoms with Gasteiger partial charge in [-0.05, 0) is 6.54 Å². The fraction of sp³-hybridized carbons (Fsp3) is 0.625. The molecule has 0 bridgehead atoms. The molecular weight excluding hydrogens is 124 g/mol. The Morgan fingerprint density at radius 1 is 1.70 bits per heavy atom. The molecule has 0 radical (unpaired) electrons. The van der Waals surface area contributed by atoms with Crippen molar-refractivity contribution in [2.75, 3.05) is 19.6 Å². The Hall–Kier alpha value is -0.810. The highest BCUT2D eigenvalue weighted by atomic mass is 15.1. The van der Waals surface area contributed by atoms with Gasteiger partial charge in [-0.25, -0.2) is 0 Å². The van der Waals surface area contributed by atoms with Crippen LogP contribution in [-0.2, 0) is 0 Å². The maximum Gasteiger partial charge on any atom is 0.0635 e. The molecule has 0 aliphatic rings. The summed E-state index contributed by atoms with van der Waals surface area (Å²) >= 11 is 0. The molecule has 0 aliphatic carbocycles. The van der Waals surface area contributed by atoms with E-state index in [4.69, 9.17) is 5.26 Å². The topological polar surface area (TPSA) is 27.0 Å². The van der Waals surface area contributed by atoms with E-state index in [9.17, 15) is 0 Å². The number of nitrogens with zero attached hydrogens (tertiary/aromatic N) is 2. The van der Waals surface area contributed by atoms with Crippen molar-refractivity contribution in [3.63, 3.8) is 0 Å². The normalized spacial score (nSPS) is 9.30. The fourth-order valence-electron chi connectivity index (χ4n) is 0.769. The molecule has 10 heavy (non-hydrogen) atoms. The molecule has 0 saturated carbocycles. The molecule has 0 unspecified atom stereocenters. The summed E-state index contributed by atoms with van der Waals surface area (Å²) < 4.78 is 0. The predicted molar refractivity (Wildman–Crippen MR) is 42.5 cm³/mol. The van der Waals surface area contributed by atoms with E-state index < -0.39 is 0 Å². The van der Waals surface area contributed by atoms with Gasteiger partial charge >= 0.3 is 0 Å². The minimum absolute atomic E-state index is 0.613. The summed E-state index contributed by atoms with van der Waals surface area (Å²) in [5.41, 5.74) is 0. The molecule has 0 amide bonds. The van der Waals surface area contributed by atoms with Crippen molar-refractivity contribution < 1.29 is 0 Å². The lowest BCUT2D eigenvalue weighted by Crippen LogP contribution is -2.24. The Morgan fingerprint density at radius 2 is 2.40 bits per heavy atom. The van der Waals surface area contributed by atoms with E-state index >= 15 is 0 Å². The number of rotatable bonds is 5. The largest absolute Gasteiger partial charge is 0.299 e. The van der Waals surface area contributed by atoms with Crippen molar-refractivity contribution in [3.05, 3.63) is 12.7 Å². The SMILES string of the molecule is C=CCN(CC)CCC#N. The van der Waals surface area contributed by atoms with Gasteiger partial charge < -0.3 is 0 Å². The molecule has 2 nitrogen and oxygen atoms in total. The molecule has 0 rings (SSSR count). The molecule has 0 aromatic rings. The smallest absolute Gasteiger partial charge is 0.0635 e. The van der Waals surface area contributed by atoms with Gasteiger partial charge in [-0.1, -0.05) is 13.0 Å². The first kappa shape index (κ1) is 9.19. The maximum absolute atomic E-state index is 8.28. The summed E-state index contributed by atoms with van der Waals surface area (Å²) in [7, 11) is 0. The van der Waals surface area contributed by atoms with Crippen molar-refractivity contribution in [1.82, 2.24) is 4.90 Å². The molecule has 0 N–H and O–H groups in total. The van der Waals surface area contributed by atoms with Crippen LogP contribution in [-0.4, -0.2) is 24.5 Å². The molecular formula is C8H14N2. The van der Waals surface area contributed by atoms with Crippen LogP contribution in [0, 0.1) is 11.3 Å². The summed E-state index contributed by atoms with van der Waals surface area (Å²) in [6.07, 6.45) is 2.47. The van der Waals surface area contributed by atoms with Gasteiger partial charge in [0.1, 0.15) is 0 Å². The first-order chi connectivity index (χ1) is 4.85. The Kier molecular flexibility index (Phi) is 5.80. The standard InChI is InChI=1S/C8H14N2/c1-3-7-10(4-2)8-5-6-9/h3H,1,4-5,7-8H2,2H3. The van der Waals surface area contributed by atoms with Crippen molar-refractivity contribution in [2.45, 2.75) is 13.3 Å². The van der Waals surface area contributed by atoms with E-state index in [0.29, 0.717) is 6.42 Å². The maximum atomic E-state index is 8.28. The Labute approximate surface area is 62.8 Å². The molecule has 2 heteroatoms. The van der Waals surface area contributed by atoms with Crippen LogP contribution in [0.5, 0.6) is 0 Å². The third kappa shape index (κ3) is 4.11. The Balaban J connectivity index is 3.41. The van der Waals surface area contributed by atoms with Gasteiger partial charge in [-0.15, -0.1) is 6.58 Å². The average molecular weight is 138 g/mol. The van der Waals surface area contributed by atoms with Crippen LogP contribution in [0.25, 0.3) is 0 Å². The van der Waals surface area contributed by atoms with E-state index in [1.54, 1.807) is 0 Å². The number of nitriles is 1. The Bertz CT molecular complexity index is 124. The van der Waals surface area contributed by atoms with Gasteiger partial charge in [0.05, 0.1) is 6.07 Å². The second kappa shape index (κ2) is 6.31. The zero-order chi connectivity index (χ0) is 7.82. The quantitative estimate of drug-likeness (QED) is 0.537. The zero-order valence-corrected chi connectivity index (χ0v) is 6.51. The second-order valence-corrected chi connectivity index (χ2v) is 2.09. The van der Waals surface area contributed by atoms with Crippen molar-refractivity contribution in [2.24, 2.45) is 0 Å². The van der Waals surface area contributed by atoms with Crippen molar-refractivity contribution >= 4 is 0 Å². The lowest BCUT2D eigenvalue weighted by atomic mass is 10.4. The summed E-state index contributed by atoms with van der Waals surface area (Å²) in [6.45, 7) is 8.46. The third-order valence-corrected chi connectivity index (χ3v) is 1.37. The van der Waals surface area contributed by atoms with Crippen LogP contribution in [0.1, 0.15) is 13.3 Å². The van der Waals surface area contributed by atoms with Gasteiger partial charge in [0.25, 0.3) is 0 Å². The van der Waals surface area contributed by atoms with Crippen molar-refractivity contribution in [1.29, 1.82) is 5.26 Å². The number of hydrogen-bond acceptors (Lipinski definition) is 2. The molecule has 0 aliphatic heterocycles. The first-order valence-electron chi connectivity index (χ1n) is 3.55. The monoisotopic (exact) mass is 138 g/mol. The summed E-state index contributed by atoms with van der Waals surface area (Å²) in [6, 6.07) is 2.11. The molecule has 0 aromatic carbocycles. The van der Waals surface area contributed by atoms with Crippen LogP contribution in [0.4, 0.5) is 0 Å². The summed E-state index contributed by atoms with van der Waals surface area (Å²) in [5, 5.41) is 8.28. The summed E-state index contributed by atoms with van der Waals surface area (Å²) in [5.74, 6) is 0. The van der Waals surface area contributed by atoms with Gasteiger partial charge in [-0.3, -0.25) is 4.90 Å². The highest BCUT2D eigenvalue weighted by molar-refractivity contribution is 4.76. The minimum atomic E-state index is 0.613. The van der Waals surface area contributed by atoms with Crippen LogP contribution in [0.15, 0.2) is 12.7 Å². The second-order valence-electron chi connectivity index (χ2n) is 2.09. The molecule has 0 saturated heterocycles. The third-order valence-electron chi connectivity index (χ3n) is 1.37. The van der Waals surface area contributed by atoms with E-state index in [-0.39, 0.29) is 0 Å². The minimum Gasteiger partial charge on any atom is -0.299 e. The van der Waals surface area contributed by atoms with Gasteiger partial charge in [-0.2, -0.15) is 5.26 Å². The highest BCUT2D eigenvalue weighted by Gasteiger charge is 1.96. The molecule has 0 atom stereocenters. The van der Waals surface area contributed by atoms with Crippen LogP contribution in [0.2, 0.25) is 0 Å². The molecule has 0 heterocycles. The number of likely N-dealkylation sites (N-methyl/N-ethyl adjacent to an activating group) is 1. The Morgan fingerprint density at radius 3 is 2.80 bits per heavy atom. The van der Waals surface area contributed by atoms with Gasteiger partial charge in [0, 0.05) is 19.5 Å².